The summed E-state index contributed by atoms with van der Waals surface area (Å²) < 4.78 is 0. The van der Waals surface area contributed by atoms with Crippen LogP contribution in [0.15, 0.2) is 48.5 Å². The van der Waals surface area contributed by atoms with Crippen LogP contribution in [0.2, 0.25) is 0 Å². The zero-order valence-electron chi connectivity index (χ0n) is 16.2. The molecule has 0 aromatic heterocycles. The van der Waals surface area contributed by atoms with Crippen LogP contribution in [-0.2, 0) is 16.8 Å². The average molecular weight is 352 g/mol. The van der Waals surface area contributed by atoms with Crippen molar-refractivity contribution in [3.05, 3.63) is 70.8 Å². The van der Waals surface area contributed by atoms with Crippen molar-refractivity contribution < 1.29 is 9.59 Å². The largest absolute Gasteiger partial charge is 0.352 e. The number of hydrogen-bond donors (Lipinski definition) is 2. The quantitative estimate of drug-likeness (QED) is 0.851. The van der Waals surface area contributed by atoms with Crippen molar-refractivity contribution in [1.82, 2.24) is 10.6 Å². The van der Waals surface area contributed by atoms with Gasteiger partial charge in [0.1, 0.15) is 0 Å². The number of amides is 2. The minimum atomic E-state index is -0.108. The molecule has 0 fully saturated rings. The fourth-order valence-corrected chi connectivity index (χ4v) is 2.64. The number of benzene rings is 2. The van der Waals surface area contributed by atoms with Gasteiger partial charge in [-0.15, -0.1) is 0 Å². The number of carbonyl (C=O) groups excluding carboxylic acids is 2. The molecule has 0 spiro atoms. The lowest BCUT2D eigenvalue weighted by molar-refractivity contribution is -0.119. The first-order valence-electron chi connectivity index (χ1n) is 8.91. The van der Waals surface area contributed by atoms with E-state index in [0.717, 1.165) is 11.1 Å². The van der Waals surface area contributed by atoms with Gasteiger partial charge in [-0.2, -0.15) is 0 Å². The topological polar surface area (TPSA) is 58.2 Å². The van der Waals surface area contributed by atoms with E-state index < -0.39 is 0 Å². The van der Waals surface area contributed by atoms with Gasteiger partial charge in [0.2, 0.25) is 5.91 Å². The molecule has 0 aliphatic heterocycles. The minimum absolute atomic E-state index is 0.0712. The normalized spacial score (nSPS) is 12.3. The summed E-state index contributed by atoms with van der Waals surface area (Å²) in [4.78, 5) is 23.4. The van der Waals surface area contributed by atoms with Crippen LogP contribution in [0.4, 0.5) is 0 Å². The van der Waals surface area contributed by atoms with Crippen LogP contribution in [0, 0.1) is 0 Å². The van der Waals surface area contributed by atoms with Gasteiger partial charge in [-0.05, 0) is 41.2 Å². The Bertz CT molecular complexity index is 756. The lowest BCUT2D eigenvalue weighted by Crippen LogP contribution is -2.26. The summed E-state index contributed by atoms with van der Waals surface area (Å²) in [5.41, 5.74) is 4.03. The Hall–Kier alpha value is -2.62. The lowest BCUT2D eigenvalue weighted by Gasteiger charge is -2.20. The molecule has 0 bridgehead atoms. The van der Waals surface area contributed by atoms with Crippen molar-refractivity contribution in [2.75, 3.05) is 0 Å². The van der Waals surface area contributed by atoms with Gasteiger partial charge in [-0.3, -0.25) is 9.59 Å². The van der Waals surface area contributed by atoms with E-state index in [2.05, 4.69) is 55.7 Å². The molecular weight excluding hydrogens is 324 g/mol. The Morgan fingerprint density at radius 2 is 1.54 bits per heavy atom. The number of rotatable bonds is 5. The molecule has 0 radical (unpaired) electrons. The van der Waals surface area contributed by atoms with Gasteiger partial charge >= 0.3 is 0 Å². The Balaban J connectivity index is 1.99. The van der Waals surface area contributed by atoms with Crippen LogP contribution in [0.25, 0.3) is 0 Å². The lowest BCUT2D eigenvalue weighted by atomic mass is 9.86. The highest BCUT2D eigenvalue weighted by Crippen LogP contribution is 2.24. The molecule has 0 saturated heterocycles. The van der Waals surface area contributed by atoms with E-state index in [1.807, 2.05) is 19.1 Å². The van der Waals surface area contributed by atoms with Crippen molar-refractivity contribution in [3.8, 4) is 0 Å². The third-order valence-electron chi connectivity index (χ3n) is 4.38. The summed E-state index contributed by atoms with van der Waals surface area (Å²) >= 11 is 0. The Morgan fingerprint density at radius 1 is 0.962 bits per heavy atom. The third-order valence-corrected chi connectivity index (χ3v) is 4.38. The van der Waals surface area contributed by atoms with Crippen LogP contribution in [0.1, 0.15) is 67.7 Å². The molecule has 1 atom stereocenters. The molecule has 2 amide bonds. The summed E-state index contributed by atoms with van der Waals surface area (Å²) in [6.07, 6.45) is 0. The zero-order valence-corrected chi connectivity index (χ0v) is 16.2. The SMILES string of the molecule is CC(=O)NCc1ccc(C(=O)NC(C)c2ccc(C(C)(C)C)cc2)cc1. The van der Waals surface area contributed by atoms with Gasteiger partial charge in [0.05, 0.1) is 6.04 Å². The minimum Gasteiger partial charge on any atom is -0.352 e. The molecule has 1 unspecified atom stereocenters. The van der Waals surface area contributed by atoms with Crippen molar-refractivity contribution in [2.24, 2.45) is 0 Å². The van der Waals surface area contributed by atoms with Gasteiger partial charge in [0, 0.05) is 19.0 Å². The van der Waals surface area contributed by atoms with E-state index in [-0.39, 0.29) is 23.3 Å². The molecule has 4 heteroatoms. The molecule has 0 aliphatic carbocycles. The van der Waals surface area contributed by atoms with Gasteiger partial charge in [-0.25, -0.2) is 0 Å². The fraction of sp³-hybridized carbons (Fsp3) is 0.364. The van der Waals surface area contributed by atoms with E-state index >= 15 is 0 Å². The Morgan fingerprint density at radius 3 is 2.04 bits per heavy atom. The van der Waals surface area contributed by atoms with Gasteiger partial charge in [0.15, 0.2) is 0 Å². The van der Waals surface area contributed by atoms with Crippen LogP contribution in [0.3, 0.4) is 0 Å². The second kappa shape index (κ2) is 8.17. The van der Waals surface area contributed by atoms with Crippen LogP contribution >= 0.6 is 0 Å². The van der Waals surface area contributed by atoms with Crippen molar-refractivity contribution in [3.63, 3.8) is 0 Å². The van der Waals surface area contributed by atoms with Crippen LogP contribution in [-0.4, -0.2) is 11.8 Å². The monoisotopic (exact) mass is 352 g/mol. The molecule has 2 N–H and O–H groups in total. The highest BCUT2D eigenvalue weighted by atomic mass is 16.2. The summed E-state index contributed by atoms with van der Waals surface area (Å²) in [6, 6.07) is 15.6. The van der Waals surface area contributed by atoms with E-state index in [9.17, 15) is 9.59 Å². The van der Waals surface area contributed by atoms with Crippen molar-refractivity contribution in [1.29, 1.82) is 0 Å². The highest BCUT2D eigenvalue weighted by molar-refractivity contribution is 5.94. The molecular formula is C22H28N2O2. The molecule has 26 heavy (non-hydrogen) atoms. The first-order valence-corrected chi connectivity index (χ1v) is 8.91. The zero-order chi connectivity index (χ0) is 19.3. The number of nitrogens with one attached hydrogen (secondary N) is 2. The van der Waals surface area contributed by atoms with Crippen LogP contribution in [0.5, 0.6) is 0 Å². The second-order valence-electron chi connectivity index (χ2n) is 7.67. The summed E-state index contributed by atoms with van der Waals surface area (Å²) in [6.45, 7) is 10.5. The van der Waals surface area contributed by atoms with Crippen molar-refractivity contribution >= 4 is 11.8 Å². The third kappa shape index (κ3) is 5.45. The Labute approximate surface area is 156 Å². The maximum absolute atomic E-state index is 12.5. The number of carbonyl (C=O) groups is 2. The summed E-state index contributed by atoms with van der Waals surface area (Å²) in [5.74, 6) is -0.179. The Kier molecular flexibility index (Phi) is 6.19. The summed E-state index contributed by atoms with van der Waals surface area (Å²) in [7, 11) is 0. The van der Waals surface area contributed by atoms with E-state index in [4.69, 9.17) is 0 Å². The second-order valence-corrected chi connectivity index (χ2v) is 7.67. The van der Waals surface area contributed by atoms with Gasteiger partial charge in [-0.1, -0.05) is 57.2 Å². The predicted octanol–water partition coefficient (Wildman–Crippen LogP) is 4.11. The summed E-state index contributed by atoms with van der Waals surface area (Å²) in [5, 5.41) is 5.77. The average Bonchev–Trinajstić information content (AvgIpc) is 2.59. The molecule has 0 heterocycles. The van der Waals surface area contributed by atoms with Crippen molar-refractivity contribution in [2.45, 2.75) is 52.6 Å². The smallest absolute Gasteiger partial charge is 0.251 e. The fourth-order valence-electron chi connectivity index (χ4n) is 2.64. The van der Waals surface area contributed by atoms with E-state index in [1.165, 1.54) is 12.5 Å². The molecule has 4 nitrogen and oxygen atoms in total. The first kappa shape index (κ1) is 19.7. The van der Waals surface area contributed by atoms with Crippen LogP contribution < -0.4 is 10.6 Å². The highest BCUT2D eigenvalue weighted by Gasteiger charge is 2.15. The maximum Gasteiger partial charge on any atom is 0.251 e. The molecule has 0 aliphatic rings. The van der Waals surface area contributed by atoms with E-state index in [0.29, 0.717) is 12.1 Å². The van der Waals surface area contributed by atoms with Gasteiger partial charge < -0.3 is 10.6 Å². The van der Waals surface area contributed by atoms with Gasteiger partial charge in [0.25, 0.3) is 5.91 Å². The first-order chi connectivity index (χ1) is 12.2. The molecule has 138 valence electrons. The molecule has 2 aromatic carbocycles. The standard InChI is InChI=1S/C22H28N2O2/c1-15(18-10-12-20(13-11-18)22(3,4)5)24-21(26)19-8-6-17(7-9-19)14-23-16(2)25/h6-13,15H,14H2,1-5H3,(H,23,25)(H,24,26). The molecule has 2 aromatic rings. The van der Waals surface area contributed by atoms with E-state index in [1.54, 1.807) is 12.1 Å². The molecule has 0 saturated carbocycles. The predicted molar refractivity (Wildman–Crippen MR) is 105 cm³/mol. The molecule has 2 rings (SSSR count). The maximum atomic E-state index is 12.5. The number of hydrogen-bond acceptors (Lipinski definition) is 2.